The lowest BCUT2D eigenvalue weighted by Crippen LogP contribution is -2.21. The van der Waals surface area contributed by atoms with Crippen molar-refractivity contribution in [2.24, 2.45) is 0 Å². The molecule has 0 bridgehead atoms. The first-order chi connectivity index (χ1) is 8.27. The summed E-state index contributed by atoms with van der Waals surface area (Å²) < 4.78 is 2.03. The van der Waals surface area contributed by atoms with Crippen LogP contribution in [0.2, 0.25) is 0 Å². The zero-order chi connectivity index (χ0) is 12.1. The number of carbonyl (C=O) groups is 1. The molecule has 6 nitrogen and oxygen atoms in total. The lowest BCUT2D eigenvalue weighted by atomic mass is 10.3. The number of unbranched alkanes of at least 4 members (excludes halogenated alkanes) is 1. The van der Waals surface area contributed by atoms with Crippen molar-refractivity contribution in [3.05, 3.63) is 24.8 Å². The summed E-state index contributed by atoms with van der Waals surface area (Å²) >= 11 is 0. The molecule has 2 aromatic heterocycles. The first kappa shape index (κ1) is 11.4. The maximum absolute atomic E-state index is 10.2. The molecule has 90 valence electrons. The van der Waals surface area contributed by atoms with Gasteiger partial charge in [-0.1, -0.05) is 0 Å². The molecule has 2 rings (SSSR count). The van der Waals surface area contributed by atoms with Crippen LogP contribution in [0.1, 0.15) is 12.8 Å². The number of pyridine rings is 1. The molecule has 0 spiro atoms. The van der Waals surface area contributed by atoms with Gasteiger partial charge in [0.2, 0.25) is 0 Å². The summed E-state index contributed by atoms with van der Waals surface area (Å²) in [6, 6.07) is 1.87. The Bertz CT molecular complexity index is 509. The quantitative estimate of drug-likeness (QED) is 0.768. The smallest absolute Gasteiger partial charge is 0.404 e. The van der Waals surface area contributed by atoms with E-state index in [-0.39, 0.29) is 0 Å². The van der Waals surface area contributed by atoms with Crippen LogP contribution < -0.4 is 5.32 Å². The van der Waals surface area contributed by atoms with Crippen molar-refractivity contribution in [3.63, 3.8) is 0 Å². The average molecular weight is 234 g/mol. The van der Waals surface area contributed by atoms with Crippen LogP contribution in [0.3, 0.4) is 0 Å². The average Bonchev–Trinajstić information content (AvgIpc) is 2.72. The van der Waals surface area contributed by atoms with E-state index in [9.17, 15) is 4.79 Å². The van der Waals surface area contributed by atoms with Crippen molar-refractivity contribution in [2.45, 2.75) is 19.4 Å². The van der Waals surface area contributed by atoms with Crippen LogP contribution in [0.4, 0.5) is 4.79 Å². The van der Waals surface area contributed by atoms with Gasteiger partial charge in [0.15, 0.2) is 0 Å². The summed E-state index contributed by atoms with van der Waals surface area (Å²) in [6.07, 6.45) is 6.04. The standard InChI is InChI=1S/C11H14N4O2/c16-11(17)13-4-1-2-6-15-8-14-9-3-5-12-7-10(9)15/h3,5,7-8,13H,1-2,4,6H2,(H,16,17). The fraction of sp³-hybridized carbons (Fsp3) is 0.364. The van der Waals surface area contributed by atoms with Crippen LogP contribution in [0.5, 0.6) is 0 Å². The number of hydrogen-bond donors (Lipinski definition) is 2. The molecule has 0 radical (unpaired) electrons. The highest BCUT2D eigenvalue weighted by Gasteiger charge is 2.01. The SMILES string of the molecule is O=C(O)NCCCCn1cnc2ccncc21. The van der Waals surface area contributed by atoms with Gasteiger partial charge in [-0.2, -0.15) is 0 Å². The van der Waals surface area contributed by atoms with E-state index >= 15 is 0 Å². The number of rotatable bonds is 5. The van der Waals surface area contributed by atoms with E-state index in [2.05, 4.69) is 15.3 Å². The third kappa shape index (κ3) is 2.93. The molecule has 0 unspecified atom stereocenters. The number of nitrogens with zero attached hydrogens (tertiary/aromatic N) is 3. The minimum absolute atomic E-state index is 0.486. The van der Waals surface area contributed by atoms with Gasteiger partial charge in [0, 0.05) is 19.3 Å². The van der Waals surface area contributed by atoms with Gasteiger partial charge in [-0.25, -0.2) is 9.78 Å². The van der Waals surface area contributed by atoms with Gasteiger partial charge in [0.1, 0.15) is 0 Å². The van der Waals surface area contributed by atoms with Gasteiger partial charge in [-0.15, -0.1) is 0 Å². The van der Waals surface area contributed by atoms with Gasteiger partial charge in [0.05, 0.1) is 23.6 Å². The van der Waals surface area contributed by atoms with Gasteiger partial charge >= 0.3 is 6.09 Å². The molecule has 0 aliphatic carbocycles. The largest absolute Gasteiger partial charge is 0.465 e. The van der Waals surface area contributed by atoms with Crippen molar-refractivity contribution in [1.29, 1.82) is 0 Å². The van der Waals surface area contributed by atoms with E-state index in [0.717, 1.165) is 30.4 Å². The second-order valence-corrected chi connectivity index (χ2v) is 3.74. The third-order valence-electron chi connectivity index (χ3n) is 2.53. The molecular weight excluding hydrogens is 220 g/mol. The van der Waals surface area contributed by atoms with Crippen molar-refractivity contribution in [3.8, 4) is 0 Å². The van der Waals surface area contributed by atoms with Gasteiger partial charge in [-0.05, 0) is 18.9 Å². The number of fused-ring (bicyclic) bond motifs is 1. The molecule has 2 N–H and O–H groups in total. The van der Waals surface area contributed by atoms with Crippen molar-refractivity contribution >= 4 is 17.1 Å². The zero-order valence-corrected chi connectivity index (χ0v) is 9.33. The van der Waals surface area contributed by atoms with E-state index in [0.29, 0.717) is 6.54 Å². The van der Waals surface area contributed by atoms with Crippen LogP contribution in [-0.2, 0) is 6.54 Å². The molecule has 17 heavy (non-hydrogen) atoms. The Balaban J connectivity index is 1.85. The zero-order valence-electron chi connectivity index (χ0n) is 9.33. The van der Waals surface area contributed by atoms with E-state index in [4.69, 9.17) is 5.11 Å². The first-order valence-electron chi connectivity index (χ1n) is 5.49. The molecule has 0 fully saturated rings. The van der Waals surface area contributed by atoms with Crippen LogP contribution in [-0.4, -0.2) is 32.3 Å². The highest BCUT2D eigenvalue weighted by molar-refractivity contribution is 5.73. The Morgan fingerprint density at radius 3 is 3.18 bits per heavy atom. The second-order valence-electron chi connectivity index (χ2n) is 3.74. The van der Waals surface area contributed by atoms with Gasteiger partial charge in [-0.3, -0.25) is 4.98 Å². The molecule has 0 atom stereocenters. The Kier molecular flexibility index (Phi) is 3.54. The predicted molar refractivity (Wildman–Crippen MR) is 62.8 cm³/mol. The van der Waals surface area contributed by atoms with Gasteiger partial charge < -0.3 is 15.0 Å². The highest BCUT2D eigenvalue weighted by atomic mass is 16.4. The topological polar surface area (TPSA) is 80.0 Å². The number of aromatic nitrogens is 3. The van der Waals surface area contributed by atoms with E-state index in [1.165, 1.54) is 0 Å². The second kappa shape index (κ2) is 5.29. The molecule has 0 aromatic carbocycles. The van der Waals surface area contributed by atoms with Crippen LogP contribution in [0, 0.1) is 0 Å². The maximum Gasteiger partial charge on any atom is 0.404 e. The monoisotopic (exact) mass is 234 g/mol. The fourth-order valence-electron chi connectivity index (χ4n) is 1.68. The fourth-order valence-corrected chi connectivity index (χ4v) is 1.68. The third-order valence-corrected chi connectivity index (χ3v) is 2.53. The molecule has 1 amide bonds. The maximum atomic E-state index is 10.2. The number of amides is 1. The van der Waals surface area contributed by atoms with Crippen LogP contribution in [0.25, 0.3) is 11.0 Å². The van der Waals surface area contributed by atoms with E-state index in [1.807, 2.05) is 10.6 Å². The number of imidazole rings is 1. The summed E-state index contributed by atoms with van der Waals surface area (Å²) in [6.45, 7) is 1.31. The minimum Gasteiger partial charge on any atom is -0.465 e. The highest BCUT2D eigenvalue weighted by Crippen LogP contribution is 2.10. The number of aryl methyl sites for hydroxylation is 1. The summed E-state index contributed by atoms with van der Waals surface area (Å²) in [7, 11) is 0. The Morgan fingerprint density at radius 2 is 2.35 bits per heavy atom. The molecule has 0 saturated carbocycles. The summed E-state index contributed by atoms with van der Waals surface area (Å²) in [5.74, 6) is 0. The normalized spacial score (nSPS) is 10.6. The predicted octanol–water partition coefficient (Wildman–Crippen LogP) is 1.48. The Labute approximate surface area is 98.3 Å². The summed E-state index contributed by atoms with van der Waals surface area (Å²) in [5.41, 5.74) is 1.95. The molecule has 0 aliphatic heterocycles. The summed E-state index contributed by atoms with van der Waals surface area (Å²) in [4.78, 5) is 18.6. The molecule has 2 heterocycles. The molecule has 0 aliphatic rings. The number of carboxylic acid groups (broad SMARTS) is 1. The Hall–Kier alpha value is -2.11. The van der Waals surface area contributed by atoms with Crippen molar-refractivity contribution < 1.29 is 9.90 Å². The molecule has 2 aromatic rings. The van der Waals surface area contributed by atoms with Crippen molar-refractivity contribution in [1.82, 2.24) is 19.9 Å². The lowest BCUT2D eigenvalue weighted by molar-refractivity contribution is 0.194. The van der Waals surface area contributed by atoms with E-state index < -0.39 is 6.09 Å². The van der Waals surface area contributed by atoms with E-state index in [1.54, 1.807) is 18.7 Å². The lowest BCUT2D eigenvalue weighted by Gasteiger charge is -2.04. The Morgan fingerprint density at radius 1 is 1.47 bits per heavy atom. The van der Waals surface area contributed by atoms with Crippen LogP contribution >= 0.6 is 0 Å². The molecule has 6 heteroatoms. The first-order valence-corrected chi connectivity index (χ1v) is 5.49. The number of nitrogens with one attached hydrogen (secondary N) is 1. The number of hydrogen-bond acceptors (Lipinski definition) is 3. The van der Waals surface area contributed by atoms with Gasteiger partial charge in [0.25, 0.3) is 0 Å². The molecule has 0 saturated heterocycles. The minimum atomic E-state index is -0.970. The summed E-state index contributed by atoms with van der Waals surface area (Å²) in [5, 5.41) is 10.7. The van der Waals surface area contributed by atoms with Crippen LogP contribution in [0.15, 0.2) is 24.8 Å². The molecular formula is C11H14N4O2. The van der Waals surface area contributed by atoms with Crippen molar-refractivity contribution in [2.75, 3.05) is 6.54 Å².